The van der Waals surface area contributed by atoms with Crippen molar-refractivity contribution >= 4 is 44.8 Å². The second-order valence-electron chi connectivity index (χ2n) is 2.93. The Morgan fingerprint density at radius 2 is 2.19 bits per heavy atom. The molecule has 0 aliphatic heterocycles. The molecule has 0 bridgehead atoms. The van der Waals surface area contributed by atoms with Crippen LogP contribution in [0.15, 0.2) is 28.2 Å². The topological polar surface area (TPSA) is 50.2 Å². The number of carboxylic acids is 1. The zero-order valence-electron chi connectivity index (χ0n) is 7.78. The van der Waals surface area contributed by atoms with E-state index in [1.807, 2.05) is 12.1 Å². The fourth-order valence-electron chi connectivity index (χ4n) is 1.30. The van der Waals surface area contributed by atoms with E-state index < -0.39 is 5.97 Å². The molecule has 0 amide bonds. The summed E-state index contributed by atoms with van der Waals surface area (Å²) in [6, 6.07) is 5.35. The largest absolute Gasteiger partial charge is 0.478 e. The zero-order valence-corrected chi connectivity index (χ0v) is 10.9. The van der Waals surface area contributed by atoms with Crippen LogP contribution in [0.25, 0.3) is 10.4 Å². The van der Waals surface area contributed by atoms with Crippen LogP contribution in [0.4, 0.5) is 0 Å². The van der Waals surface area contributed by atoms with E-state index in [0.717, 1.165) is 8.66 Å². The summed E-state index contributed by atoms with van der Waals surface area (Å²) in [6.45, 7) is 0. The first-order valence-corrected chi connectivity index (χ1v) is 6.22. The molecule has 0 atom stereocenters. The van der Waals surface area contributed by atoms with Crippen molar-refractivity contribution in [2.45, 2.75) is 0 Å². The molecule has 0 aliphatic rings. The van der Waals surface area contributed by atoms with E-state index in [1.165, 1.54) is 17.5 Å². The predicted molar refractivity (Wildman–Crippen MR) is 67.2 cm³/mol. The van der Waals surface area contributed by atoms with Gasteiger partial charge in [0.25, 0.3) is 0 Å². The molecular weight excluding hydrogens is 314 g/mol. The Labute approximate surface area is 109 Å². The number of carbonyl (C=O) groups is 1. The van der Waals surface area contributed by atoms with Crippen molar-refractivity contribution in [1.29, 1.82) is 0 Å². The van der Waals surface area contributed by atoms with Crippen LogP contribution in [0.3, 0.4) is 0 Å². The van der Waals surface area contributed by atoms with Gasteiger partial charge in [0.1, 0.15) is 10.7 Å². The minimum atomic E-state index is -1.07. The van der Waals surface area contributed by atoms with Gasteiger partial charge in [-0.15, -0.1) is 11.3 Å². The molecule has 2 aromatic heterocycles. The van der Waals surface area contributed by atoms with E-state index in [1.54, 1.807) is 6.07 Å². The normalized spacial score (nSPS) is 10.4. The number of nitrogens with zero attached hydrogens (tertiary/aromatic N) is 1. The van der Waals surface area contributed by atoms with Gasteiger partial charge in [0, 0.05) is 16.6 Å². The van der Waals surface area contributed by atoms with Crippen molar-refractivity contribution < 1.29 is 9.90 Å². The van der Waals surface area contributed by atoms with Crippen LogP contribution < -0.4 is 0 Å². The molecule has 0 saturated heterocycles. The number of hydrogen-bond acceptors (Lipinski definition) is 3. The van der Waals surface area contributed by atoms with Gasteiger partial charge in [-0.3, -0.25) is 0 Å². The first-order valence-electron chi connectivity index (χ1n) is 4.23. The lowest BCUT2D eigenvalue weighted by atomic mass is 10.1. The van der Waals surface area contributed by atoms with Gasteiger partial charge in [-0.2, -0.15) is 0 Å². The number of thiophene rings is 1. The summed E-state index contributed by atoms with van der Waals surface area (Å²) < 4.78 is 0.937. The number of rotatable bonds is 2. The van der Waals surface area contributed by atoms with Crippen LogP contribution in [-0.4, -0.2) is 16.1 Å². The smallest absolute Gasteiger partial charge is 0.339 e. The van der Waals surface area contributed by atoms with Gasteiger partial charge in [-0.05, 0) is 34.1 Å². The van der Waals surface area contributed by atoms with Gasteiger partial charge < -0.3 is 5.11 Å². The Hall–Kier alpha value is -0.910. The highest BCUT2D eigenvalue weighted by Gasteiger charge is 2.17. The monoisotopic (exact) mass is 317 g/mol. The Kier molecular flexibility index (Phi) is 3.28. The van der Waals surface area contributed by atoms with E-state index in [4.69, 9.17) is 16.7 Å². The molecule has 6 heteroatoms. The predicted octanol–water partition coefficient (Wildman–Crippen LogP) is 3.92. The van der Waals surface area contributed by atoms with Crippen LogP contribution in [0.1, 0.15) is 10.4 Å². The highest BCUT2D eigenvalue weighted by Crippen LogP contribution is 2.34. The lowest BCUT2D eigenvalue weighted by Crippen LogP contribution is -2.01. The number of aromatic carboxylic acids is 1. The molecule has 2 rings (SSSR count). The van der Waals surface area contributed by atoms with E-state index in [-0.39, 0.29) is 10.7 Å². The molecule has 0 aromatic carbocycles. The summed E-state index contributed by atoms with van der Waals surface area (Å²) in [7, 11) is 0. The standard InChI is InChI=1S/C10H5BrClNO2S/c11-7-2-1-6(16-7)5-3-4-13-9(12)8(5)10(14)15/h1-4H,(H,14,15). The van der Waals surface area contributed by atoms with Gasteiger partial charge in [-0.25, -0.2) is 9.78 Å². The van der Waals surface area contributed by atoms with E-state index in [2.05, 4.69) is 20.9 Å². The molecular formula is C10H5BrClNO2S. The van der Waals surface area contributed by atoms with E-state index in [0.29, 0.717) is 5.56 Å². The number of hydrogen-bond donors (Lipinski definition) is 1. The number of aromatic nitrogens is 1. The number of carboxylic acid groups (broad SMARTS) is 1. The summed E-state index contributed by atoms with van der Waals surface area (Å²) >= 11 is 10.6. The third-order valence-electron chi connectivity index (χ3n) is 1.96. The zero-order chi connectivity index (χ0) is 11.7. The maximum absolute atomic E-state index is 11.1. The summed E-state index contributed by atoms with van der Waals surface area (Å²) in [5, 5.41) is 9.09. The van der Waals surface area contributed by atoms with Crippen molar-refractivity contribution in [3.8, 4) is 10.4 Å². The van der Waals surface area contributed by atoms with Crippen LogP contribution in [0.5, 0.6) is 0 Å². The van der Waals surface area contributed by atoms with E-state index >= 15 is 0 Å². The first-order chi connectivity index (χ1) is 7.59. The SMILES string of the molecule is O=C(O)c1c(-c2ccc(Br)s2)ccnc1Cl. The lowest BCUT2D eigenvalue weighted by Gasteiger charge is -2.04. The molecule has 82 valence electrons. The summed E-state index contributed by atoms with van der Waals surface area (Å²) in [5.74, 6) is -1.07. The van der Waals surface area contributed by atoms with Crippen molar-refractivity contribution in [1.82, 2.24) is 4.98 Å². The minimum Gasteiger partial charge on any atom is -0.478 e. The van der Waals surface area contributed by atoms with Gasteiger partial charge in [0.2, 0.25) is 0 Å². The second-order valence-corrected chi connectivity index (χ2v) is 5.75. The third kappa shape index (κ3) is 2.11. The summed E-state index contributed by atoms with van der Waals surface area (Å²) in [4.78, 5) is 15.7. The van der Waals surface area contributed by atoms with Crippen molar-refractivity contribution in [3.05, 3.63) is 38.9 Å². The molecule has 0 radical (unpaired) electrons. The highest BCUT2D eigenvalue weighted by molar-refractivity contribution is 9.11. The molecule has 3 nitrogen and oxygen atoms in total. The lowest BCUT2D eigenvalue weighted by molar-refractivity contribution is 0.0697. The molecule has 0 fully saturated rings. The van der Waals surface area contributed by atoms with Crippen LogP contribution >= 0.6 is 38.9 Å². The van der Waals surface area contributed by atoms with Gasteiger partial charge in [0.05, 0.1) is 3.79 Å². The summed E-state index contributed by atoms with van der Waals surface area (Å²) in [6.07, 6.45) is 1.50. The fourth-order valence-corrected chi connectivity index (χ4v) is 2.96. The Balaban J connectivity index is 2.65. The third-order valence-corrected chi connectivity index (χ3v) is 3.90. The Morgan fingerprint density at radius 3 is 2.75 bits per heavy atom. The fraction of sp³-hybridized carbons (Fsp3) is 0. The van der Waals surface area contributed by atoms with Crippen molar-refractivity contribution in [3.63, 3.8) is 0 Å². The molecule has 2 heterocycles. The molecule has 2 aromatic rings. The average molecular weight is 319 g/mol. The quantitative estimate of drug-likeness (QED) is 0.854. The second kappa shape index (κ2) is 4.53. The maximum atomic E-state index is 11.1. The van der Waals surface area contributed by atoms with Gasteiger partial charge in [0.15, 0.2) is 0 Å². The van der Waals surface area contributed by atoms with Gasteiger partial charge in [-0.1, -0.05) is 11.6 Å². The van der Waals surface area contributed by atoms with Crippen molar-refractivity contribution in [2.75, 3.05) is 0 Å². The Morgan fingerprint density at radius 1 is 1.44 bits per heavy atom. The highest BCUT2D eigenvalue weighted by atomic mass is 79.9. The Bertz CT molecular complexity index is 556. The molecule has 0 unspecified atom stereocenters. The van der Waals surface area contributed by atoms with Crippen LogP contribution in [-0.2, 0) is 0 Å². The van der Waals surface area contributed by atoms with Crippen LogP contribution in [0.2, 0.25) is 5.15 Å². The maximum Gasteiger partial charge on any atom is 0.339 e. The summed E-state index contributed by atoms with van der Waals surface area (Å²) in [5.41, 5.74) is 0.627. The van der Waals surface area contributed by atoms with Crippen LogP contribution in [0, 0.1) is 0 Å². The molecule has 0 saturated carbocycles. The number of pyridine rings is 1. The minimum absolute atomic E-state index is 0.00882. The van der Waals surface area contributed by atoms with Crippen molar-refractivity contribution in [2.24, 2.45) is 0 Å². The van der Waals surface area contributed by atoms with Gasteiger partial charge >= 0.3 is 5.97 Å². The molecule has 1 N–H and O–H groups in total. The first kappa shape index (κ1) is 11.6. The van der Waals surface area contributed by atoms with E-state index in [9.17, 15) is 4.79 Å². The molecule has 16 heavy (non-hydrogen) atoms. The number of halogens is 2. The average Bonchev–Trinajstić information content (AvgIpc) is 2.63. The molecule has 0 spiro atoms. The molecule has 0 aliphatic carbocycles.